The number of halogens is 2. The molecule has 0 heterocycles. The second-order valence-electron chi connectivity index (χ2n) is 4.33. The highest BCUT2D eigenvalue weighted by molar-refractivity contribution is 9.10. The summed E-state index contributed by atoms with van der Waals surface area (Å²) in [5.74, 6) is -0.657. The van der Waals surface area contributed by atoms with Gasteiger partial charge in [-0.2, -0.15) is 5.10 Å². The molecule has 1 amide bonds. The van der Waals surface area contributed by atoms with E-state index < -0.39 is 10.8 Å². The fraction of sp³-hybridized carbons (Fsp3) is 0. The first-order valence-electron chi connectivity index (χ1n) is 6.14. The van der Waals surface area contributed by atoms with Gasteiger partial charge in [-0.05, 0) is 40.2 Å². The van der Waals surface area contributed by atoms with Gasteiger partial charge >= 0.3 is 0 Å². The van der Waals surface area contributed by atoms with Crippen LogP contribution in [0.4, 0.5) is 5.69 Å². The van der Waals surface area contributed by atoms with Crippen LogP contribution in [0.3, 0.4) is 0 Å². The number of carbonyl (C=O) groups excluding carboxylic acids is 1. The van der Waals surface area contributed by atoms with Crippen molar-refractivity contribution in [1.29, 1.82) is 0 Å². The normalized spacial score (nSPS) is 10.7. The van der Waals surface area contributed by atoms with Crippen LogP contribution in [-0.2, 0) is 0 Å². The molecule has 0 spiro atoms. The van der Waals surface area contributed by atoms with Gasteiger partial charge in [-0.1, -0.05) is 15.9 Å². The number of nitro benzene ring substituents is 1. The number of hydrogen-bond donors (Lipinski definition) is 2. The van der Waals surface area contributed by atoms with Crippen molar-refractivity contribution < 1.29 is 14.8 Å². The minimum absolute atomic E-state index is 0.0992. The van der Waals surface area contributed by atoms with Crippen molar-refractivity contribution in [3.05, 3.63) is 66.6 Å². The summed E-state index contributed by atoms with van der Waals surface area (Å²) in [5, 5.41) is 24.3. The molecule has 0 aliphatic heterocycles. The van der Waals surface area contributed by atoms with E-state index in [1.54, 1.807) is 24.3 Å². The van der Waals surface area contributed by atoms with Gasteiger partial charge in [0.15, 0.2) is 0 Å². The number of phenols is 1. The number of amides is 1. The van der Waals surface area contributed by atoms with Gasteiger partial charge in [-0.3, -0.25) is 14.9 Å². The number of carbonyl (C=O) groups is 1. The monoisotopic (exact) mass is 441 g/mol. The minimum atomic E-state index is -0.595. The Morgan fingerprint density at radius 2 is 1.91 bits per heavy atom. The number of nitrogens with zero attached hydrogens (tertiary/aromatic N) is 2. The maximum absolute atomic E-state index is 11.9. The van der Waals surface area contributed by atoms with E-state index in [2.05, 4.69) is 42.4 Å². The molecule has 0 atom stereocenters. The van der Waals surface area contributed by atoms with Gasteiger partial charge in [0.2, 0.25) is 0 Å². The van der Waals surface area contributed by atoms with E-state index in [0.29, 0.717) is 5.56 Å². The van der Waals surface area contributed by atoms with Crippen LogP contribution in [0.25, 0.3) is 0 Å². The first-order chi connectivity index (χ1) is 10.9. The van der Waals surface area contributed by atoms with E-state index in [9.17, 15) is 20.0 Å². The standard InChI is InChI=1S/C14H9Br2N3O4/c15-10-3-1-8(2-4-10)14(21)18-17-7-9-5-11(19(22)23)6-12(16)13(9)20/h1-7,20H,(H,18,21)/b17-7-. The molecule has 9 heteroatoms. The largest absolute Gasteiger partial charge is 0.506 e. The van der Waals surface area contributed by atoms with Gasteiger partial charge < -0.3 is 5.11 Å². The van der Waals surface area contributed by atoms with Gasteiger partial charge in [0.25, 0.3) is 11.6 Å². The number of hydrazone groups is 1. The predicted octanol–water partition coefficient (Wildman–Crippen LogP) is 3.59. The summed E-state index contributed by atoms with van der Waals surface area (Å²) in [4.78, 5) is 22.1. The van der Waals surface area contributed by atoms with Crippen molar-refractivity contribution in [2.24, 2.45) is 5.10 Å². The van der Waals surface area contributed by atoms with Crippen LogP contribution in [0.5, 0.6) is 5.75 Å². The lowest BCUT2D eigenvalue weighted by Crippen LogP contribution is -2.17. The highest BCUT2D eigenvalue weighted by Crippen LogP contribution is 2.31. The molecule has 0 saturated carbocycles. The summed E-state index contributed by atoms with van der Waals surface area (Å²) in [5.41, 5.74) is 2.57. The van der Waals surface area contributed by atoms with Crippen molar-refractivity contribution >= 4 is 49.7 Å². The van der Waals surface area contributed by atoms with Gasteiger partial charge in [-0.15, -0.1) is 0 Å². The molecule has 2 aromatic carbocycles. The Morgan fingerprint density at radius 3 is 2.52 bits per heavy atom. The topological polar surface area (TPSA) is 105 Å². The van der Waals surface area contributed by atoms with Crippen LogP contribution < -0.4 is 5.43 Å². The van der Waals surface area contributed by atoms with Crippen LogP contribution in [0, 0.1) is 10.1 Å². The van der Waals surface area contributed by atoms with Crippen molar-refractivity contribution in [2.75, 3.05) is 0 Å². The average molecular weight is 443 g/mol. The average Bonchev–Trinajstić information content (AvgIpc) is 2.51. The summed E-state index contributed by atoms with van der Waals surface area (Å²) in [6.45, 7) is 0. The molecule has 0 aliphatic carbocycles. The Morgan fingerprint density at radius 1 is 1.26 bits per heavy atom. The van der Waals surface area contributed by atoms with E-state index in [-0.39, 0.29) is 21.5 Å². The number of benzene rings is 2. The van der Waals surface area contributed by atoms with Crippen LogP contribution in [0.2, 0.25) is 0 Å². The molecule has 7 nitrogen and oxygen atoms in total. The SMILES string of the molecule is O=C(N/N=C\c1cc([N+](=O)[O-])cc(Br)c1O)c1ccc(Br)cc1. The molecule has 2 rings (SSSR count). The van der Waals surface area contributed by atoms with Crippen molar-refractivity contribution in [3.63, 3.8) is 0 Å². The summed E-state index contributed by atoms with van der Waals surface area (Å²) in [6.07, 6.45) is 1.13. The lowest BCUT2D eigenvalue weighted by Gasteiger charge is -2.03. The van der Waals surface area contributed by atoms with Crippen molar-refractivity contribution in [2.45, 2.75) is 0 Å². The molecule has 2 aromatic rings. The second-order valence-corrected chi connectivity index (χ2v) is 6.10. The van der Waals surface area contributed by atoms with Gasteiger partial charge in [0.1, 0.15) is 5.75 Å². The molecule has 118 valence electrons. The molecule has 2 N–H and O–H groups in total. The predicted molar refractivity (Wildman–Crippen MR) is 91.7 cm³/mol. The number of hydrogen-bond acceptors (Lipinski definition) is 5. The first kappa shape index (κ1) is 17.1. The summed E-state index contributed by atoms with van der Waals surface area (Å²) >= 11 is 6.28. The number of non-ortho nitro benzene ring substituents is 1. The fourth-order valence-corrected chi connectivity index (χ4v) is 2.36. The molecular weight excluding hydrogens is 434 g/mol. The zero-order chi connectivity index (χ0) is 17.0. The maximum atomic E-state index is 11.9. The third-order valence-electron chi connectivity index (χ3n) is 2.76. The molecule has 0 aliphatic rings. The third-order valence-corrected chi connectivity index (χ3v) is 3.90. The van der Waals surface area contributed by atoms with E-state index in [1.807, 2.05) is 0 Å². The first-order valence-corrected chi connectivity index (χ1v) is 7.73. The third kappa shape index (κ3) is 4.36. The minimum Gasteiger partial charge on any atom is -0.506 e. The molecule has 0 radical (unpaired) electrons. The van der Waals surface area contributed by atoms with Crippen LogP contribution >= 0.6 is 31.9 Å². The molecule has 0 saturated heterocycles. The quantitative estimate of drug-likeness (QED) is 0.428. The number of nitro groups is 1. The number of rotatable bonds is 4. The summed E-state index contributed by atoms with van der Waals surface area (Å²) in [7, 11) is 0. The van der Waals surface area contributed by atoms with Crippen LogP contribution in [0.15, 0.2) is 50.4 Å². The number of phenolic OH excluding ortho intramolecular Hbond substituents is 1. The Bertz CT molecular complexity index is 791. The van der Waals surface area contributed by atoms with E-state index in [4.69, 9.17) is 0 Å². The Hall–Kier alpha value is -2.26. The van der Waals surface area contributed by atoms with Gasteiger partial charge in [-0.25, -0.2) is 5.43 Å². The Labute approximate surface area is 147 Å². The number of nitrogens with one attached hydrogen (secondary N) is 1. The lowest BCUT2D eigenvalue weighted by molar-refractivity contribution is -0.385. The fourth-order valence-electron chi connectivity index (χ4n) is 1.64. The van der Waals surface area contributed by atoms with Crippen LogP contribution in [-0.4, -0.2) is 22.2 Å². The lowest BCUT2D eigenvalue weighted by atomic mass is 10.2. The van der Waals surface area contributed by atoms with E-state index in [1.165, 1.54) is 6.07 Å². The molecule has 23 heavy (non-hydrogen) atoms. The smallest absolute Gasteiger partial charge is 0.271 e. The Kier molecular flexibility index (Phi) is 5.45. The molecule has 0 unspecified atom stereocenters. The Balaban J connectivity index is 2.15. The summed E-state index contributed by atoms with van der Waals surface area (Å²) in [6, 6.07) is 8.96. The van der Waals surface area contributed by atoms with Gasteiger partial charge in [0.05, 0.1) is 15.6 Å². The molecular formula is C14H9Br2N3O4. The maximum Gasteiger partial charge on any atom is 0.271 e. The van der Waals surface area contributed by atoms with Crippen molar-refractivity contribution in [3.8, 4) is 5.75 Å². The molecule has 0 aromatic heterocycles. The highest BCUT2D eigenvalue weighted by Gasteiger charge is 2.13. The van der Waals surface area contributed by atoms with Crippen molar-refractivity contribution in [1.82, 2.24) is 5.43 Å². The molecule has 0 bridgehead atoms. The van der Waals surface area contributed by atoms with E-state index >= 15 is 0 Å². The zero-order valence-corrected chi connectivity index (χ0v) is 14.5. The molecule has 0 fully saturated rings. The van der Waals surface area contributed by atoms with Crippen LogP contribution in [0.1, 0.15) is 15.9 Å². The highest BCUT2D eigenvalue weighted by atomic mass is 79.9. The second kappa shape index (κ2) is 7.34. The summed E-state index contributed by atoms with van der Waals surface area (Å²) < 4.78 is 0.997. The van der Waals surface area contributed by atoms with Gasteiger partial charge in [0, 0.05) is 27.7 Å². The number of aromatic hydroxyl groups is 1. The van der Waals surface area contributed by atoms with E-state index in [0.717, 1.165) is 16.8 Å². The zero-order valence-electron chi connectivity index (χ0n) is 11.4.